The van der Waals surface area contributed by atoms with Gasteiger partial charge in [-0.2, -0.15) is 0 Å². The molecule has 0 unspecified atom stereocenters. The van der Waals surface area contributed by atoms with Crippen molar-refractivity contribution in [3.05, 3.63) is 70.8 Å². The molecule has 0 atom stereocenters. The van der Waals surface area contributed by atoms with Gasteiger partial charge in [-0.05, 0) is 62.6 Å². The summed E-state index contributed by atoms with van der Waals surface area (Å²) in [5.74, 6) is 0.735. The van der Waals surface area contributed by atoms with Crippen LogP contribution in [0.1, 0.15) is 52.7 Å². The first kappa shape index (κ1) is 21.1. The van der Waals surface area contributed by atoms with Crippen molar-refractivity contribution in [2.75, 3.05) is 19.6 Å². The van der Waals surface area contributed by atoms with Gasteiger partial charge in [-0.25, -0.2) is 0 Å². The standard InChI is InChI=1S/C25H32N2O2/c1-19-7-9-21(10-8-19)11-12-22-14-17-27(18-15-22)24(28)13-16-26-25(29)23-6-4-3-5-20(23)2/h3-10,22H,11-18H2,1-2H3,(H,26,29). The normalized spacial score (nSPS) is 14.6. The molecule has 0 bridgehead atoms. The minimum Gasteiger partial charge on any atom is -0.352 e. The fraction of sp³-hybridized carbons (Fsp3) is 0.440. The molecular formula is C25H32N2O2. The lowest BCUT2D eigenvalue weighted by atomic mass is 9.90. The second-order valence-electron chi connectivity index (χ2n) is 8.17. The topological polar surface area (TPSA) is 49.4 Å². The maximum Gasteiger partial charge on any atom is 0.251 e. The van der Waals surface area contributed by atoms with Crippen molar-refractivity contribution >= 4 is 11.8 Å². The van der Waals surface area contributed by atoms with Crippen molar-refractivity contribution < 1.29 is 9.59 Å². The Morgan fingerprint density at radius 2 is 1.69 bits per heavy atom. The zero-order valence-corrected chi connectivity index (χ0v) is 17.6. The molecule has 0 saturated carbocycles. The first-order chi connectivity index (χ1) is 14.0. The van der Waals surface area contributed by atoms with Crippen LogP contribution in [0.25, 0.3) is 0 Å². The van der Waals surface area contributed by atoms with Crippen LogP contribution in [-0.2, 0) is 11.2 Å². The first-order valence-corrected chi connectivity index (χ1v) is 10.7. The highest BCUT2D eigenvalue weighted by molar-refractivity contribution is 5.95. The van der Waals surface area contributed by atoms with Gasteiger partial charge in [0.05, 0.1) is 0 Å². The molecular weight excluding hydrogens is 360 g/mol. The maximum absolute atomic E-state index is 12.5. The van der Waals surface area contributed by atoms with E-state index >= 15 is 0 Å². The van der Waals surface area contributed by atoms with Gasteiger partial charge in [0, 0.05) is 31.6 Å². The molecule has 1 aliphatic heterocycles. The van der Waals surface area contributed by atoms with E-state index in [1.807, 2.05) is 36.1 Å². The van der Waals surface area contributed by atoms with Crippen LogP contribution in [0.15, 0.2) is 48.5 Å². The van der Waals surface area contributed by atoms with Crippen molar-refractivity contribution in [2.45, 2.75) is 46.0 Å². The molecule has 1 saturated heterocycles. The highest BCUT2D eigenvalue weighted by Crippen LogP contribution is 2.23. The summed E-state index contributed by atoms with van der Waals surface area (Å²) in [5.41, 5.74) is 4.33. The number of carbonyl (C=O) groups excluding carboxylic acids is 2. The molecule has 4 heteroatoms. The third-order valence-corrected chi connectivity index (χ3v) is 5.94. The number of carbonyl (C=O) groups is 2. The van der Waals surface area contributed by atoms with E-state index in [1.165, 1.54) is 17.5 Å². The number of rotatable bonds is 7. The number of hydrogen-bond donors (Lipinski definition) is 1. The summed E-state index contributed by atoms with van der Waals surface area (Å²) in [5, 5.41) is 2.87. The van der Waals surface area contributed by atoms with E-state index in [1.54, 1.807) is 0 Å². The minimum atomic E-state index is -0.106. The van der Waals surface area contributed by atoms with Gasteiger partial charge in [0.25, 0.3) is 5.91 Å². The molecule has 1 aliphatic rings. The van der Waals surface area contributed by atoms with Crippen LogP contribution in [0, 0.1) is 19.8 Å². The number of benzene rings is 2. The average Bonchev–Trinajstić information content (AvgIpc) is 2.74. The second-order valence-corrected chi connectivity index (χ2v) is 8.17. The molecule has 1 fully saturated rings. The van der Waals surface area contributed by atoms with E-state index in [0.29, 0.717) is 24.4 Å². The Morgan fingerprint density at radius 1 is 1.00 bits per heavy atom. The summed E-state index contributed by atoms with van der Waals surface area (Å²) in [7, 11) is 0. The molecule has 1 N–H and O–H groups in total. The van der Waals surface area contributed by atoms with E-state index in [4.69, 9.17) is 0 Å². The largest absolute Gasteiger partial charge is 0.352 e. The van der Waals surface area contributed by atoms with Crippen LogP contribution in [0.2, 0.25) is 0 Å². The van der Waals surface area contributed by atoms with Crippen molar-refractivity contribution in [2.24, 2.45) is 5.92 Å². The predicted molar refractivity (Wildman–Crippen MR) is 117 cm³/mol. The van der Waals surface area contributed by atoms with Crippen molar-refractivity contribution in [1.82, 2.24) is 10.2 Å². The molecule has 2 aromatic carbocycles. The van der Waals surface area contributed by atoms with Gasteiger partial charge in [-0.15, -0.1) is 0 Å². The molecule has 29 heavy (non-hydrogen) atoms. The number of piperidine rings is 1. The lowest BCUT2D eigenvalue weighted by Crippen LogP contribution is -2.40. The third kappa shape index (κ3) is 6.18. The van der Waals surface area contributed by atoms with Gasteiger partial charge in [0.1, 0.15) is 0 Å². The van der Waals surface area contributed by atoms with Crippen LogP contribution in [-0.4, -0.2) is 36.3 Å². The zero-order valence-electron chi connectivity index (χ0n) is 17.6. The Bertz CT molecular complexity index is 821. The fourth-order valence-electron chi connectivity index (χ4n) is 3.96. The minimum absolute atomic E-state index is 0.106. The van der Waals surface area contributed by atoms with Crippen molar-refractivity contribution in [3.63, 3.8) is 0 Å². The molecule has 0 spiro atoms. The highest BCUT2D eigenvalue weighted by atomic mass is 16.2. The summed E-state index contributed by atoms with van der Waals surface area (Å²) in [4.78, 5) is 26.7. The lowest BCUT2D eigenvalue weighted by molar-refractivity contribution is -0.132. The molecule has 154 valence electrons. The molecule has 0 radical (unpaired) electrons. The van der Waals surface area contributed by atoms with Crippen molar-refractivity contribution in [3.8, 4) is 0 Å². The number of likely N-dealkylation sites (tertiary alicyclic amines) is 1. The summed E-state index contributed by atoms with van der Waals surface area (Å²) in [6.07, 6.45) is 4.83. The number of hydrogen-bond acceptors (Lipinski definition) is 2. The SMILES string of the molecule is Cc1ccc(CCC2CCN(C(=O)CCNC(=O)c3ccccc3C)CC2)cc1. The summed E-state index contributed by atoms with van der Waals surface area (Å²) in [6, 6.07) is 16.3. The number of aryl methyl sites for hydroxylation is 3. The Kier molecular flexibility index (Phi) is 7.45. The molecule has 3 rings (SSSR count). The van der Waals surface area contributed by atoms with E-state index in [2.05, 4.69) is 36.5 Å². The smallest absolute Gasteiger partial charge is 0.251 e. The van der Waals surface area contributed by atoms with Crippen LogP contribution < -0.4 is 5.32 Å². The number of nitrogens with zero attached hydrogens (tertiary/aromatic N) is 1. The summed E-state index contributed by atoms with van der Waals surface area (Å²) >= 11 is 0. The van der Waals surface area contributed by atoms with Gasteiger partial charge >= 0.3 is 0 Å². The Balaban J connectivity index is 1.35. The van der Waals surface area contributed by atoms with Gasteiger partial charge < -0.3 is 10.2 Å². The molecule has 1 heterocycles. The second kappa shape index (κ2) is 10.2. The third-order valence-electron chi connectivity index (χ3n) is 5.94. The van der Waals surface area contributed by atoms with E-state index in [-0.39, 0.29) is 11.8 Å². The Labute approximate surface area is 174 Å². The maximum atomic E-state index is 12.5. The van der Waals surface area contributed by atoms with Crippen LogP contribution >= 0.6 is 0 Å². The lowest BCUT2D eigenvalue weighted by Gasteiger charge is -2.32. The van der Waals surface area contributed by atoms with Gasteiger partial charge in [-0.3, -0.25) is 9.59 Å². The average molecular weight is 393 g/mol. The molecule has 4 nitrogen and oxygen atoms in total. The van der Waals surface area contributed by atoms with Gasteiger partial charge in [0.15, 0.2) is 0 Å². The molecule has 2 aromatic rings. The van der Waals surface area contributed by atoms with E-state index in [9.17, 15) is 9.59 Å². The quantitative estimate of drug-likeness (QED) is 0.764. The summed E-state index contributed by atoms with van der Waals surface area (Å²) in [6.45, 7) is 6.10. The van der Waals surface area contributed by atoms with Gasteiger partial charge in [0.2, 0.25) is 5.91 Å². The highest BCUT2D eigenvalue weighted by Gasteiger charge is 2.22. The Hall–Kier alpha value is -2.62. The fourth-order valence-corrected chi connectivity index (χ4v) is 3.96. The molecule has 0 aliphatic carbocycles. The summed E-state index contributed by atoms with van der Waals surface area (Å²) < 4.78 is 0. The molecule has 2 amide bonds. The predicted octanol–water partition coefficient (Wildman–Crippen LogP) is 4.29. The number of nitrogens with one attached hydrogen (secondary N) is 1. The Morgan fingerprint density at radius 3 is 2.38 bits per heavy atom. The van der Waals surface area contributed by atoms with Crippen LogP contribution in [0.3, 0.4) is 0 Å². The van der Waals surface area contributed by atoms with Crippen molar-refractivity contribution in [1.29, 1.82) is 0 Å². The van der Waals surface area contributed by atoms with Gasteiger partial charge in [-0.1, -0.05) is 48.0 Å². The van der Waals surface area contributed by atoms with Crippen LogP contribution in [0.5, 0.6) is 0 Å². The number of amides is 2. The van der Waals surface area contributed by atoms with E-state index < -0.39 is 0 Å². The molecule has 0 aromatic heterocycles. The van der Waals surface area contributed by atoms with E-state index in [0.717, 1.165) is 37.9 Å². The monoisotopic (exact) mass is 392 g/mol. The van der Waals surface area contributed by atoms with Crippen LogP contribution in [0.4, 0.5) is 0 Å². The zero-order chi connectivity index (χ0) is 20.6. The first-order valence-electron chi connectivity index (χ1n) is 10.7.